The number of rotatable bonds is 11. The molecule has 0 bridgehead atoms. The van der Waals surface area contributed by atoms with E-state index in [2.05, 4.69) is 10.3 Å². The molecular weight excluding hydrogens is 336 g/mol. The van der Waals surface area contributed by atoms with E-state index in [1.165, 1.54) is 12.4 Å². The van der Waals surface area contributed by atoms with Crippen LogP contribution in [-0.2, 0) is 22.6 Å². The molecule has 8 nitrogen and oxygen atoms in total. The maximum absolute atomic E-state index is 8.46. The van der Waals surface area contributed by atoms with Gasteiger partial charge in [-0.2, -0.15) is 0 Å². The van der Waals surface area contributed by atoms with Gasteiger partial charge in [-0.1, -0.05) is 10.3 Å². The van der Waals surface area contributed by atoms with Crippen molar-refractivity contribution in [2.45, 2.75) is 13.1 Å². The van der Waals surface area contributed by atoms with Crippen molar-refractivity contribution in [3.05, 3.63) is 60.2 Å². The summed E-state index contributed by atoms with van der Waals surface area (Å²) < 4.78 is 15.1. The molecule has 0 unspecified atom stereocenters. The van der Waals surface area contributed by atoms with Gasteiger partial charge in [0.2, 0.25) is 0 Å². The van der Waals surface area contributed by atoms with Crippen molar-refractivity contribution in [2.24, 2.45) is 10.3 Å². The molecule has 2 heterocycles. The van der Waals surface area contributed by atoms with Crippen molar-refractivity contribution in [3.8, 4) is 0 Å². The molecule has 8 heteroatoms. The van der Waals surface area contributed by atoms with E-state index in [1.807, 2.05) is 58.2 Å². The molecule has 138 valence electrons. The van der Waals surface area contributed by atoms with Gasteiger partial charge in [-0.05, 0) is 0 Å². The largest absolute Gasteiger partial charge is 0.411 e. The number of nitrogens with zero attached hydrogens (tertiary/aromatic N) is 4. The van der Waals surface area contributed by atoms with E-state index in [0.29, 0.717) is 26.4 Å². The van der Waals surface area contributed by atoms with E-state index < -0.39 is 0 Å². The van der Waals surface area contributed by atoms with Crippen LogP contribution in [0.25, 0.3) is 0 Å². The highest BCUT2D eigenvalue weighted by Gasteiger charge is 2.02. The minimum absolute atomic E-state index is 0.548. The maximum atomic E-state index is 8.46. The normalized spacial score (nSPS) is 11.5. The van der Waals surface area contributed by atoms with Crippen LogP contribution in [0.1, 0.15) is 11.1 Å². The Morgan fingerprint density at radius 3 is 1.42 bits per heavy atom. The predicted octanol–water partition coefficient (Wildman–Crippen LogP) is 0.611. The molecule has 0 saturated carbocycles. The Labute approximate surface area is 152 Å². The first-order valence-electron chi connectivity index (χ1n) is 8.30. The van der Waals surface area contributed by atoms with E-state index in [4.69, 9.17) is 19.9 Å². The Bertz CT molecular complexity index is 626. The van der Waals surface area contributed by atoms with Crippen LogP contribution in [0, 0.1) is 0 Å². The highest BCUT2D eigenvalue weighted by Crippen LogP contribution is 1.91. The minimum atomic E-state index is 0.548. The first-order valence-corrected chi connectivity index (χ1v) is 8.30. The fraction of sp³-hybridized carbons (Fsp3) is 0.333. The molecule has 0 saturated heterocycles. The van der Waals surface area contributed by atoms with Crippen molar-refractivity contribution in [1.82, 2.24) is 0 Å². The molecule has 0 aliphatic carbocycles. The smallest absolute Gasteiger partial charge is 0.171 e. The standard InChI is InChI=1S/C18H22N4O4/c23-19-15-17-1-5-21(6-2-17)9-11-25-13-14-26-12-10-22-7-3-18(4-8-22)16-20-24/h1-8,15-16H,9-14H2/p+2. The van der Waals surface area contributed by atoms with E-state index in [1.54, 1.807) is 0 Å². The molecule has 0 radical (unpaired) electrons. The van der Waals surface area contributed by atoms with Crippen LogP contribution in [0.3, 0.4) is 0 Å². The molecule has 2 aromatic heterocycles. The lowest BCUT2D eigenvalue weighted by Crippen LogP contribution is -2.36. The second-order valence-corrected chi connectivity index (χ2v) is 5.45. The summed E-state index contributed by atoms with van der Waals surface area (Å²) in [6.07, 6.45) is 10.4. The topological polar surface area (TPSA) is 91.4 Å². The first-order chi connectivity index (χ1) is 12.8. The molecule has 2 aromatic rings. The number of aromatic nitrogens is 2. The summed E-state index contributed by atoms with van der Waals surface area (Å²) in [6, 6.07) is 7.46. The van der Waals surface area contributed by atoms with Crippen molar-refractivity contribution in [1.29, 1.82) is 0 Å². The number of hydrogen-bond acceptors (Lipinski definition) is 6. The zero-order valence-electron chi connectivity index (χ0n) is 14.5. The molecule has 0 atom stereocenters. The second-order valence-electron chi connectivity index (χ2n) is 5.45. The molecule has 0 spiro atoms. The number of ether oxygens (including phenoxy) is 2. The zero-order valence-corrected chi connectivity index (χ0v) is 14.5. The Morgan fingerprint density at radius 2 is 1.08 bits per heavy atom. The lowest BCUT2D eigenvalue weighted by atomic mass is 10.3. The Kier molecular flexibility index (Phi) is 8.74. The minimum Gasteiger partial charge on any atom is -0.411 e. The highest BCUT2D eigenvalue weighted by molar-refractivity contribution is 5.78. The summed E-state index contributed by atoms with van der Waals surface area (Å²) in [6.45, 7) is 3.79. The summed E-state index contributed by atoms with van der Waals surface area (Å²) in [7, 11) is 0. The van der Waals surface area contributed by atoms with Crippen molar-refractivity contribution >= 4 is 12.4 Å². The predicted molar refractivity (Wildman–Crippen MR) is 93.7 cm³/mol. The molecule has 2 N–H and O–H groups in total. The maximum Gasteiger partial charge on any atom is 0.171 e. The van der Waals surface area contributed by atoms with Crippen molar-refractivity contribution < 1.29 is 29.0 Å². The molecule has 0 amide bonds. The van der Waals surface area contributed by atoms with Gasteiger partial charge in [0.05, 0.1) is 25.6 Å². The van der Waals surface area contributed by atoms with E-state index in [0.717, 1.165) is 24.2 Å². The van der Waals surface area contributed by atoms with Crippen LogP contribution in [0.2, 0.25) is 0 Å². The van der Waals surface area contributed by atoms with Gasteiger partial charge in [0, 0.05) is 35.4 Å². The Balaban J connectivity index is 1.51. The average Bonchev–Trinajstić information content (AvgIpc) is 2.67. The third-order valence-corrected chi connectivity index (χ3v) is 3.61. The van der Waals surface area contributed by atoms with E-state index in [-0.39, 0.29) is 0 Å². The molecule has 0 aliphatic heterocycles. The quantitative estimate of drug-likeness (QED) is 0.202. The van der Waals surface area contributed by atoms with Gasteiger partial charge >= 0.3 is 0 Å². The van der Waals surface area contributed by atoms with Gasteiger partial charge in [0.1, 0.15) is 13.2 Å². The summed E-state index contributed by atoms with van der Waals surface area (Å²) in [5.74, 6) is 0. The Morgan fingerprint density at radius 1 is 0.692 bits per heavy atom. The molecule has 2 rings (SSSR count). The lowest BCUT2D eigenvalue weighted by molar-refractivity contribution is -0.699. The number of hydrogen-bond donors (Lipinski definition) is 2. The zero-order chi connectivity index (χ0) is 18.5. The van der Waals surface area contributed by atoms with Crippen LogP contribution < -0.4 is 9.13 Å². The lowest BCUT2D eigenvalue weighted by Gasteiger charge is -2.03. The first kappa shape index (κ1) is 19.5. The van der Waals surface area contributed by atoms with Gasteiger partial charge in [0.25, 0.3) is 0 Å². The van der Waals surface area contributed by atoms with Crippen LogP contribution in [0.15, 0.2) is 59.4 Å². The molecule has 26 heavy (non-hydrogen) atoms. The second kappa shape index (κ2) is 11.7. The van der Waals surface area contributed by atoms with Crippen LogP contribution in [0.5, 0.6) is 0 Å². The van der Waals surface area contributed by atoms with Crippen LogP contribution in [0.4, 0.5) is 0 Å². The van der Waals surface area contributed by atoms with Crippen molar-refractivity contribution in [2.75, 3.05) is 26.4 Å². The average molecular weight is 360 g/mol. The highest BCUT2D eigenvalue weighted by atomic mass is 16.5. The summed E-state index contributed by atoms with van der Waals surface area (Å²) in [5, 5.41) is 22.9. The molecule has 0 aromatic carbocycles. The van der Waals surface area contributed by atoms with Gasteiger partial charge in [-0.25, -0.2) is 9.13 Å². The van der Waals surface area contributed by atoms with E-state index >= 15 is 0 Å². The number of oxime groups is 2. The van der Waals surface area contributed by atoms with Gasteiger partial charge in [-0.3, -0.25) is 0 Å². The van der Waals surface area contributed by atoms with Gasteiger partial charge < -0.3 is 19.9 Å². The van der Waals surface area contributed by atoms with Crippen LogP contribution >= 0.6 is 0 Å². The van der Waals surface area contributed by atoms with Crippen molar-refractivity contribution in [3.63, 3.8) is 0 Å². The fourth-order valence-electron chi connectivity index (χ4n) is 2.20. The molecule has 0 aliphatic rings. The monoisotopic (exact) mass is 360 g/mol. The third-order valence-electron chi connectivity index (χ3n) is 3.61. The van der Waals surface area contributed by atoms with Crippen LogP contribution in [-0.4, -0.2) is 49.3 Å². The SMILES string of the molecule is O/N=C\c1cc[n+](CCOCCOCC[n+]2ccc(/C=N\O)cc2)cc1. The summed E-state index contributed by atoms with van der Waals surface area (Å²) in [5.41, 5.74) is 1.68. The summed E-state index contributed by atoms with van der Waals surface area (Å²) in [4.78, 5) is 0. The molecule has 0 fully saturated rings. The number of pyridine rings is 2. The summed E-state index contributed by atoms with van der Waals surface area (Å²) >= 11 is 0. The third kappa shape index (κ3) is 7.37. The van der Waals surface area contributed by atoms with Gasteiger partial charge in [-0.15, -0.1) is 0 Å². The Hall–Kier alpha value is -2.84. The molecular formula is C18H24N4O4+2. The van der Waals surface area contributed by atoms with Gasteiger partial charge in [0.15, 0.2) is 37.9 Å². The van der Waals surface area contributed by atoms with E-state index in [9.17, 15) is 0 Å². The fourth-order valence-corrected chi connectivity index (χ4v) is 2.20.